The van der Waals surface area contributed by atoms with Gasteiger partial charge >= 0.3 is 0 Å². The highest BCUT2D eigenvalue weighted by molar-refractivity contribution is 7.91. The fourth-order valence-corrected chi connectivity index (χ4v) is 4.21. The van der Waals surface area contributed by atoms with Crippen molar-refractivity contribution in [3.63, 3.8) is 0 Å². The van der Waals surface area contributed by atoms with Gasteiger partial charge in [0, 0.05) is 12.1 Å². The second-order valence-electron chi connectivity index (χ2n) is 4.90. The van der Waals surface area contributed by atoms with E-state index in [1.54, 1.807) is 11.4 Å². The molecule has 0 aliphatic carbocycles. The third-order valence-electron chi connectivity index (χ3n) is 3.17. The van der Waals surface area contributed by atoms with Gasteiger partial charge in [-0.2, -0.15) is 0 Å². The summed E-state index contributed by atoms with van der Waals surface area (Å²) in [5, 5.41) is 7.85. The van der Waals surface area contributed by atoms with Gasteiger partial charge in [-0.1, -0.05) is 6.07 Å². The summed E-state index contributed by atoms with van der Waals surface area (Å²) in [5.74, 6) is -0.288. The number of piperidine rings is 1. The van der Waals surface area contributed by atoms with Gasteiger partial charge in [-0.15, -0.1) is 11.3 Å². The minimum absolute atomic E-state index is 0.116. The van der Waals surface area contributed by atoms with Gasteiger partial charge in [-0.05, 0) is 37.8 Å². The maximum atomic E-state index is 11.9. The predicted molar refractivity (Wildman–Crippen MR) is 78.1 cm³/mol. The first-order chi connectivity index (χ1) is 9.47. The van der Waals surface area contributed by atoms with Crippen LogP contribution in [0.3, 0.4) is 0 Å². The first-order valence-corrected chi connectivity index (χ1v) is 8.89. The summed E-state index contributed by atoms with van der Waals surface area (Å²) in [6.45, 7) is 2.71. The van der Waals surface area contributed by atoms with E-state index in [0.717, 1.165) is 30.7 Å². The Morgan fingerprint density at radius 2 is 2.35 bits per heavy atom. The summed E-state index contributed by atoms with van der Waals surface area (Å²) in [5.41, 5.74) is 0. The predicted octanol–water partition coefficient (Wildman–Crippen LogP) is 0.283. The van der Waals surface area contributed by atoms with Crippen LogP contribution in [-0.2, 0) is 14.8 Å². The van der Waals surface area contributed by atoms with Crippen LogP contribution in [0.4, 0.5) is 0 Å². The van der Waals surface area contributed by atoms with E-state index in [4.69, 9.17) is 0 Å². The quantitative estimate of drug-likeness (QED) is 0.728. The molecule has 112 valence electrons. The van der Waals surface area contributed by atoms with E-state index in [1.165, 1.54) is 6.07 Å². The van der Waals surface area contributed by atoms with Gasteiger partial charge in [0.1, 0.15) is 4.21 Å². The standard InChI is InChI=1S/C12H19N3O3S2/c1-9-7-10(4-5-13-9)15-11(16)8-14-20(17,18)12-3-2-6-19-12/h2-3,6,9-10,13-14H,4-5,7-8H2,1H3,(H,15,16). The van der Waals surface area contributed by atoms with Crippen molar-refractivity contribution < 1.29 is 13.2 Å². The van der Waals surface area contributed by atoms with E-state index in [1.807, 2.05) is 0 Å². The number of rotatable bonds is 5. The SMILES string of the molecule is CC1CC(NC(=O)CNS(=O)(=O)c2cccs2)CCN1. The van der Waals surface area contributed by atoms with Crippen LogP contribution in [-0.4, -0.2) is 39.5 Å². The topological polar surface area (TPSA) is 87.3 Å². The highest BCUT2D eigenvalue weighted by Gasteiger charge is 2.21. The summed E-state index contributed by atoms with van der Waals surface area (Å²) >= 11 is 1.13. The van der Waals surface area contributed by atoms with Gasteiger partial charge < -0.3 is 10.6 Å². The number of hydrogen-bond acceptors (Lipinski definition) is 5. The maximum absolute atomic E-state index is 11.9. The second-order valence-corrected chi connectivity index (χ2v) is 7.84. The third kappa shape index (κ3) is 4.27. The number of sulfonamides is 1. The number of thiophene rings is 1. The lowest BCUT2D eigenvalue weighted by Gasteiger charge is -2.28. The van der Waals surface area contributed by atoms with Crippen molar-refractivity contribution in [3.8, 4) is 0 Å². The minimum Gasteiger partial charge on any atom is -0.352 e. The molecule has 20 heavy (non-hydrogen) atoms. The zero-order chi connectivity index (χ0) is 14.6. The lowest BCUT2D eigenvalue weighted by Crippen LogP contribution is -2.48. The summed E-state index contributed by atoms with van der Waals surface area (Å²) in [6.07, 6.45) is 1.73. The Bertz CT molecular complexity index is 542. The Hall–Kier alpha value is -0.960. The monoisotopic (exact) mass is 317 g/mol. The molecule has 1 aromatic rings. The molecule has 0 bridgehead atoms. The average Bonchev–Trinajstić information content (AvgIpc) is 2.91. The fraction of sp³-hybridized carbons (Fsp3) is 0.583. The van der Waals surface area contributed by atoms with Crippen LogP contribution >= 0.6 is 11.3 Å². The summed E-state index contributed by atoms with van der Waals surface area (Å²) in [7, 11) is -3.57. The summed E-state index contributed by atoms with van der Waals surface area (Å²) in [6, 6.07) is 3.66. The molecule has 0 spiro atoms. The summed E-state index contributed by atoms with van der Waals surface area (Å²) < 4.78 is 26.2. The van der Waals surface area contributed by atoms with E-state index in [9.17, 15) is 13.2 Å². The highest BCUT2D eigenvalue weighted by Crippen LogP contribution is 2.14. The molecule has 3 N–H and O–H groups in total. The van der Waals surface area contributed by atoms with Gasteiger partial charge in [0.25, 0.3) is 10.0 Å². The number of carbonyl (C=O) groups is 1. The molecule has 1 fully saturated rings. The zero-order valence-corrected chi connectivity index (χ0v) is 12.9. The third-order valence-corrected chi connectivity index (χ3v) is 5.97. The Morgan fingerprint density at radius 3 is 3.00 bits per heavy atom. The van der Waals surface area contributed by atoms with Crippen molar-refractivity contribution in [3.05, 3.63) is 17.5 Å². The molecule has 1 saturated heterocycles. The average molecular weight is 317 g/mol. The van der Waals surface area contributed by atoms with Crippen molar-refractivity contribution in [2.45, 2.75) is 36.1 Å². The molecule has 6 nitrogen and oxygen atoms in total. The molecule has 1 amide bonds. The number of carbonyl (C=O) groups excluding carboxylic acids is 1. The Labute approximate surface area is 123 Å². The van der Waals surface area contributed by atoms with Crippen LogP contribution in [0.1, 0.15) is 19.8 Å². The normalized spacial score (nSPS) is 23.4. The van der Waals surface area contributed by atoms with Crippen LogP contribution in [0.15, 0.2) is 21.7 Å². The highest BCUT2D eigenvalue weighted by atomic mass is 32.2. The zero-order valence-electron chi connectivity index (χ0n) is 11.3. The van der Waals surface area contributed by atoms with Crippen LogP contribution in [0, 0.1) is 0 Å². The van der Waals surface area contributed by atoms with E-state index in [0.29, 0.717) is 6.04 Å². The number of hydrogen-bond donors (Lipinski definition) is 3. The number of amides is 1. The van der Waals surface area contributed by atoms with Crippen LogP contribution in [0.2, 0.25) is 0 Å². The van der Waals surface area contributed by atoms with E-state index in [2.05, 4.69) is 22.3 Å². The molecule has 1 aliphatic heterocycles. The molecule has 0 saturated carbocycles. The van der Waals surface area contributed by atoms with Crippen molar-refractivity contribution >= 4 is 27.3 Å². The van der Waals surface area contributed by atoms with Crippen molar-refractivity contribution in [2.75, 3.05) is 13.1 Å². The van der Waals surface area contributed by atoms with Crippen LogP contribution < -0.4 is 15.4 Å². The van der Waals surface area contributed by atoms with Crippen molar-refractivity contribution in [2.24, 2.45) is 0 Å². The van der Waals surface area contributed by atoms with Gasteiger partial charge in [-0.3, -0.25) is 4.79 Å². The van der Waals surface area contributed by atoms with Crippen molar-refractivity contribution in [1.29, 1.82) is 0 Å². The molecule has 8 heteroatoms. The Balaban J connectivity index is 1.80. The second kappa shape index (κ2) is 6.66. The van der Waals surface area contributed by atoms with E-state index < -0.39 is 10.0 Å². The van der Waals surface area contributed by atoms with E-state index >= 15 is 0 Å². The Morgan fingerprint density at radius 1 is 1.55 bits per heavy atom. The summed E-state index contributed by atoms with van der Waals surface area (Å²) in [4.78, 5) is 11.8. The molecule has 0 aromatic carbocycles. The fourth-order valence-electron chi connectivity index (χ4n) is 2.19. The molecule has 2 heterocycles. The smallest absolute Gasteiger partial charge is 0.250 e. The molecule has 2 rings (SSSR count). The lowest BCUT2D eigenvalue weighted by atomic mass is 10.0. The minimum atomic E-state index is -3.57. The van der Waals surface area contributed by atoms with Gasteiger partial charge in [0.2, 0.25) is 5.91 Å². The Kier molecular flexibility index (Phi) is 5.14. The molecular formula is C12H19N3O3S2. The first-order valence-electron chi connectivity index (χ1n) is 6.53. The largest absolute Gasteiger partial charge is 0.352 e. The lowest BCUT2D eigenvalue weighted by molar-refractivity contribution is -0.120. The first kappa shape index (κ1) is 15.4. The number of nitrogens with one attached hydrogen (secondary N) is 3. The van der Waals surface area contributed by atoms with E-state index in [-0.39, 0.29) is 22.7 Å². The van der Waals surface area contributed by atoms with Gasteiger partial charge in [0.15, 0.2) is 0 Å². The molecular weight excluding hydrogens is 298 g/mol. The van der Waals surface area contributed by atoms with Crippen molar-refractivity contribution in [1.82, 2.24) is 15.4 Å². The van der Waals surface area contributed by atoms with Gasteiger partial charge in [-0.25, -0.2) is 13.1 Å². The maximum Gasteiger partial charge on any atom is 0.250 e. The van der Waals surface area contributed by atoms with Crippen LogP contribution in [0.5, 0.6) is 0 Å². The molecule has 0 radical (unpaired) electrons. The molecule has 2 atom stereocenters. The molecule has 1 aliphatic rings. The van der Waals surface area contributed by atoms with Crippen LogP contribution in [0.25, 0.3) is 0 Å². The molecule has 1 aromatic heterocycles. The van der Waals surface area contributed by atoms with Gasteiger partial charge in [0.05, 0.1) is 6.54 Å². The molecule has 2 unspecified atom stereocenters.